The maximum atomic E-state index is 11.6. The van der Waals surface area contributed by atoms with E-state index in [4.69, 9.17) is 4.74 Å². The number of carbonyl (C=O) groups is 1. The lowest BCUT2D eigenvalue weighted by atomic mass is 10.1. The predicted octanol–water partition coefficient (Wildman–Crippen LogP) is 3.78. The molecule has 1 aromatic heterocycles. The van der Waals surface area contributed by atoms with Crippen molar-refractivity contribution in [2.45, 2.75) is 77.7 Å². The summed E-state index contributed by atoms with van der Waals surface area (Å²) in [5.74, 6) is -0.146. The van der Waals surface area contributed by atoms with Crippen LogP contribution in [0.25, 0.3) is 0 Å². The number of ether oxygens (including phenoxy) is 1. The van der Waals surface area contributed by atoms with E-state index in [9.17, 15) is 4.79 Å². The monoisotopic (exact) mass is 309 g/mol. The first-order valence-corrected chi connectivity index (χ1v) is 8.89. The Morgan fingerprint density at radius 2 is 1.59 bits per heavy atom. The molecule has 0 radical (unpaired) electrons. The Balaban J connectivity index is 1.86. The Morgan fingerprint density at radius 1 is 1.00 bits per heavy atom. The third kappa shape index (κ3) is 9.59. The summed E-state index contributed by atoms with van der Waals surface area (Å²) in [5.41, 5.74) is 0. The zero-order chi connectivity index (χ0) is 16.0. The lowest BCUT2D eigenvalue weighted by molar-refractivity contribution is -0.671. The number of hydrogen-bond donors (Lipinski definition) is 0. The van der Waals surface area contributed by atoms with E-state index in [2.05, 4.69) is 6.92 Å². The number of carbonyl (C=O) groups excluding carboxylic acids is 1. The molecule has 4 nitrogen and oxygen atoms in total. The van der Waals surface area contributed by atoms with Gasteiger partial charge in [-0.3, -0.25) is 0 Å². The lowest BCUT2D eigenvalue weighted by Gasteiger charge is -2.04. The highest BCUT2D eigenvalue weighted by Gasteiger charge is 2.08. The number of unbranched alkanes of at least 4 members (excludes halogenated alkanes) is 9. The van der Waals surface area contributed by atoms with Crippen molar-refractivity contribution in [3.63, 3.8) is 0 Å². The summed E-state index contributed by atoms with van der Waals surface area (Å²) in [4.78, 5) is 11.6. The molecule has 0 spiro atoms. The van der Waals surface area contributed by atoms with Crippen molar-refractivity contribution >= 4 is 5.97 Å². The van der Waals surface area contributed by atoms with E-state index in [1.165, 1.54) is 57.8 Å². The second kappa shape index (κ2) is 12.2. The summed E-state index contributed by atoms with van der Waals surface area (Å²) >= 11 is 0. The molecule has 0 atom stereocenters. The van der Waals surface area contributed by atoms with Gasteiger partial charge in [0.05, 0.1) is 13.7 Å². The number of esters is 1. The summed E-state index contributed by atoms with van der Waals surface area (Å²) in [5, 5.41) is 0. The summed E-state index contributed by atoms with van der Waals surface area (Å²) in [6.45, 7) is 3.12. The molecule has 0 aromatic carbocycles. The Bertz CT molecular complexity index is 402. The zero-order valence-corrected chi connectivity index (χ0v) is 14.4. The molecular weight excluding hydrogens is 276 g/mol. The first kappa shape index (κ1) is 18.7. The molecule has 0 amide bonds. The highest BCUT2D eigenvalue weighted by molar-refractivity contribution is 5.69. The van der Waals surface area contributed by atoms with E-state index in [-0.39, 0.29) is 5.97 Å². The van der Waals surface area contributed by atoms with Gasteiger partial charge in [0.25, 0.3) is 0 Å². The summed E-state index contributed by atoms with van der Waals surface area (Å²) < 4.78 is 9.00. The molecule has 0 aliphatic rings. The van der Waals surface area contributed by atoms with Crippen molar-refractivity contribution in [1.29, 1.82) is 0 Å². The Kier molecular flexibility index (Phi) is 10.4. The van der Waals surface area contributed by atoms with Crippen LogP contribution in [0, 0.1) is 0 Å². The quantitative estimate of drug-likeness (QED) is 0.316. The smallest absolute Gasteiger partial charge is 0.348 e. The maximum absolute atomic E-state index is 11.6. The van der Waals surface area contributed by atoms with Gasteiger partial charge in [-0.15, -0.1) is 0 Å². The number of imidazole rings is 1. The molecule has 0 bridgehead atoms. The van der Waals surface area contributed by atoms with Crippen LogP contribution >= 0.6 is 0 Å². The Labute approximate surface area is 135 Å². The van der Waals surface area contributed by atoms with E-state index in [1.807, 2.05) is 34.9 Å². The molecule has 0 aliphatic carbocycles. The van der Waals surface area contributed by atoms with Gasteiger partial charge in [-0.05, 0) is 6.42 Å². The SMILES string of the molecule is CCCCCCCCCCCCOC(=O)Cn1cc[n+](C)c1. The van der Waals surface area contributed by atoms with Gasteiger partial charge in [-0.2, -0.15) is 0 Å². The van der Waals surface area contributed by atoms with Gasteiger partial charge >= 0.3 is 5.97 Å². The highest BCUT2D eigenvalue weighted by atomic mass is 16.5. The molecule has 126 valence electrons. The van der Waals surface area contributed by atoms with Crippen molar-refractivity contribution in [3.05, 3.63) is 18.7 Å². The summed E-state index contributed by atoms with van der Waals surface area (Å²) in [6.07, 6.45) is 18.6. The molecular formula is C18H33N2O2+. The first-order chi connectivity index (χ1) is 10.7. The molecule has 1 heterocycles. The Morgan fingerprint density at radius 3 is 2.14 bits per heavy atom. The minimum absolute atomic E-state index is 0.146. The van der Waals surface area contributed by atoms with Crippen LogP contribution in [0.1, 0.15) is 71.1 Å². The van der Waals surface area contributed by atoms with E-state index in [1.54, 1.807) is 0 Å². The van der Waals surface area contributed by atoms with Crippen LogP contribution < -0.4 is 4.57 Å². The third-order valence-electron chi connectivity index (χ3n) is 3.90. The van der Waals surface area contributed by atoms with Gasteiger partial charge < -0.3 is 4.74 Å². The molecule has 1 rings (SSSR count). The number of nitrogens with zero attached hydrogens (tertiary/aromatic N) is 2. The predicted molar refractivity (Wildman–Crippen MR) is 88.4 cm³/mol. The second-order valence-corrected chi connectivity index (χ2v) is 6.15. The van der Waals surface area contributed by atoms with E-state index >= 15 is 0 Å². The first-order valence-electron chi connectivity index (χ1n) is 8.89. The zero-order valence-electron chi connectivity index (χ0n) is 14.4. The van der Waals surface area contributed by atoms with Crippen LogP contribution in [-0.2, 0) is 23.1 Å². The van der Waals surface area contributed by atoms with Gasteiger partial charge in [0.2, 0.25) is 6.33 Å². The fraction of sp³-hybridized carbons (Fsp3) is 0.778. The van der Waals surface area contributed by atoms with Crippen LogP contribution in [-0.4, -0.2) is 17.1 Å². The van der Waals surface area contributed by atoms with Gasteiger partial charge in [-0.1, -0.05) is 64.7 Å². The van der Waals surface area contributed by atoms with Gasteiger partial charge in [0.1, 0.15) is 12.4 Å². The number of aryl methyl sites for hydroxylation is 1. The van der Waals surface area contributed by atoms with Crippen LogP contribution in [0.3, 0.4) is 0 Å². The van der Waals surface area contributed by atoms with Crippen molar-refractivity contribution in [3.8, 4) is 0 Å². The molecule has 0 saturated heterocycles. The highest BCUT2D eigenvalue weighted by Crippen LogP contribution is 2.10. The molecule has 0 unspecified atom stereocenters. The Hall–Kier alpha value is -1.32. The van der Waals surface area contributed by atoms with Crippen molar-refractivity contribution in [1.82, 2.24) is 4.57 Å². The van der Waals surface area contributed by atoms with Crippen molar-refractivity contribution in [2.24, 2.45) is 7.05 Å². The van der Waals surface area contributed by atoms with Gasteiger partial charge in [0, 0.05) is 0 Å². The van der Waals surface area contributed by atoms with Crippen molar-refractivity contribution < 1.29 is 14.1 Å². The maximum Gasteiger partial charge on any atom is 0.348 e. The average molecular weight is 309 g/mol. The second-order valence-electron chi connectivity index (χ2n) is 6.15. The molecule has 22 heavy (non-hydrogen) atoms. The lowest BCUT2D eigenvalue weighted by Crippen LogP contribution is -2.24. The number of hydrogen-bond acceptors (Lipinski definition) is 2. The molecule has 0 aliphatic heterocycles. The van der Waals surface area contributed by atoms with Crippen LogP contribution in [0.2, 0.25) is 0 Å². The van der Waals surface area contributed by atoms with E-state index in [0.29, 0.717) is 13.2 Å². The summed E-state index contributed by atoms with van der Waals surface area (Å²) in [6, 6.07) is 0. The largest absolute Gasteiger partial charge is 0.463 e. The molecule has 0 saturated carbocycles. The third-order valence-corrected chi connectivity index (χ3v) is 3.90. The molecule has 0 fully saturated rings. The number of rotatable bonds is 13. The van der Waals surface area contributed by atoms with Gasteiger partial charge in [0.15, 0.2) is 6.54 Å². The average Bonchev–Trinajstić information content (AvgIpc) is 2.90. The van der Waals surface area contributed by atoms with E-state index < -0.39 is 0 Å². The summed E-state index contributed by atoms with van der Waals surface area (Å²) in [7, 11) is 1.94. The van der Waals surface area contributed by atoms with Crippen molar-refractivity contribution in [2.75, 3.05) is 6.61 Å². The van der Waals surface area contributed by atoms with E-state index in [0.717, 1.165) is 6.42 Å². The molecule has 4 heteroatoms. The molecule has 1 aromatic rings. The fourth-order valence-electron chi connectivity index (χ4n) is 2.57. The normalized spacial score (nSPS) is 10.8. The fourth-order valence-corrected chi connectivity index (χ4v) is 2.57. The topological polar surface area (TPSA) is 35.1 Å². The minimum Gasteiger partial charge on any atom is -0.463 e. The number of aromatic nitrogens is 2. The van der Waals surface area contributed by atoms with Crippen LogP contribution in [0.15, 0.2) is 18.7 Å². The molecule has 0 N–H and O–H groups in total. The minimum atomic E-state index is -0.146. The standard InChI is InChI=1S/C18H33N2O2/c1-3-4-5-6-7-8-9-10-11-12-15-22-18(21)16-20-14-13-19(2)17-20/h13-14,17H,3-12,15-16H2,1-2H3/q+1. The van der Waals surface area contributed by atoms with Gasteiger partial charge in [-0.25, -0.2) is 13.9 Å². The van der Waals surface area contributed by atoms with Crippen LogP contribution in [0.5, 0.6) is 0 Å². The van der Waals surface area contributed by atoms with Crippen LogP contribution in [0.4, 0.5) is 0 Å².